The van der Waals surface area contributed by atoms with Crippen LogP contribution in [0.5, 0.6) is 5.75 Å². The van der Waals surface area contributed by atoms with Crippen LogP contribution >= 0.6 is 24.8 Å². The average Bonchev–Trinajstić information content (AvgIpc) is 3.03. The van der Waals surface area contributed by atoms with Crippen molar-refractivity contribution in [1.82, 2.24) is 4.90 Å². The fourth-order valence-electron chi connectivity index (χ4n) is 2.67. The summed E-state index contributed by atoms with van der Waals surface area (Å²) in [5, 5.41) is 2.79. The van der Waals surface area contributed by atoms with Crippen molar-refractivity contribution in [2.45, 2.75) is 25.8 Å². The molecule has 0 aromatic heterocycles. The van der Waals surface area contributed by atoms with Crippen LogP contribution in [0.25, 0.3) is 0 Å². The summed E-state index contributed by atoms with van der Waals surface area (Å²) < 4.78 is 10.7. The van der Waals surface area contributed by atoms with Gasteiger partial charge in [0.15, 0.2) is 0 Å². The highest BCUT2D eigenvalue weighted by molar-refractivity contribution is 5.94. The number of anilines is 1. The smallest absolute Gasteiger partial charge is 0.243 e. The zero-order chi connectivity index (χ0) is 16.7. The standard InChI is InChI=1S/C17H27N3O3.2ClH/c1-13-11-14(19-17(21)15(18)12-22-2)5-6-16(13)23-10-9-20-7-3-4-8-20;;/h5-6,11,15H,3-4,7-10,12,18H2,1-2H3,(H,19,21);2*1H. The van der Waals surface area contributed by atoms with E-state index in [0.29, 0.717) is 12.3 Å². The number of likely N-dealkylation sites (tertiary alicyclic amines) is 1. The van der Waals surface area contributed by atoms with Crippen molar-refractivity contribution in [3.8, 4) is 5.75 Å². The van der Waals surface area contributed by atoms with Crippen molar-refractivity contribution in [1.29, 1.82) is 0 Å². The number of rotatable bonds is 8. The van der Waals surface area contributed by atoms with Crippen molar-refractivity contribution in [2.75, 3.05) is 45.3 Å². The summed E-state index contributed by atoms with van der Waals surface area (Å²) in [4.78, 5) is 14.3. The molecule has 1 heterocycles. The molecule has 1 aromatic rings. The molecule has 2 rings (SSSR count). The van der Waals surface area contributed by atoms with Gasteiger partial charge in [0.05, 0.1) is 6.61 Å². The molecule has 1 fully saturated rings. The zero-order valence-electron chi connectivity index (χ0n) is 14.8. The first-order valence-corrected chi connectivity index (χ1v) is 8.11. The van der Waals surface area contributed by atoms with E-state index in [-0.39, 0.29) is 37.3 Å². The van der Waals surface area contributed by atoms with Gasteiger partial charge in [0, 0.05) is 19.3 Å². The summed E-state index contributed by atoms with van der Waals surface area (Å²) in [6.07, 6.45) is 2.58. The topological polar surface area (TPSA) is 76.8 Å². The predicted octanol–water partition coefficient (Wildman–Crippen LogP) is 2.23. The van der Waals surface area contributed by atoms with E-state index < -0.39 is 6.04 Å². The van der Waals surface area contributed by atoms with Gasteiger partial charge in [0.25, 0.3) is 0 Å². The molecule has 1 atom stereocenters. The molecule has 0 bridgehead atoms. The molecule has 25 heavy (non-hydrogen) atoms. The highest BCUT2D eigenvalue weighted by Gasteiger charge is 2.14. The Bertz CT molecular complexity index is 526. The Morgan fingerprint density at radius 3 is 2.60 bits per heavy atom. The lowest BCUT2D eigenvalue weighted by Gasteiger charge is -2.16. The van der Waals surface area contributed by atoms with Crippen molar-refractivity contribution in [2.24, 2.45) is 5.73 Å². The van der Waals surface area contributed by atoms with Crippen LogP contribution in [0.15, 0.2) is 18.2 Å². The van der Waals surface area contributed by atoms with Crippen LogP contribution in [0.1, 0.15) is 18.4 Å². The van der Waals surface area contributed by atoms with Crippen LogP contribution in [-0.4, -0.2) is 56.8 Å². The van der Waals surface area contributed by atoms with E-state index in [9.17, 15) is 4.79 Å². The number of carbonyl (C=O) groups excluding carboxylic acids is 1. The second kappa shape index (κ2) is 12.3. The Balaban J connectivity index is 0.00000288. The Labute approximate surface area is 162 Å². The molecule has 1 amide bonds. The van der Waals surface area contributed by atoms with Crippen molar-refractivity contribution < 1.29 is 14.3 Å². The third-order valence-corrected chi connectivity index (χ3v) is 3.99. The molecule has 1 saturated heterocycles. The van der Waals surface area contributed by atoms with Crippen molar-refractivity contribution >= 4 is 36.4 Å². The van der Waals surface area contributed by atoms with Gasteiger partial charge in [-0.3, -0.25) is 9.69 Å². The summed E-state index contributed by atoms with van der Waals surface area (Å²) in [6, 6.07) is 4.94. The zero-order valence-corrected chi connectivity index (χ0v) is 16.5. The van der Waals surface area contributed by atoms with E-state index >= 15 is 0 Å². The lowest BCUT2D eigenvalue weighted by atomic mass is 10.2. The molecule has 1 aliphatic heterocycles. The third-order valence-electron chi connectivity index (χ3n) is 3.99. The number of nitrogens with one attached hydrogen (secondary N) is 1. The minimum atomic E-state index is -0.670. The summed E-state index contributed by atoms with van der Waals surface area (Å²) >= 11 is 0. The Morgan fingerprint density at radius 2 is 2.00 bits per heavy atom. The SMILES string of the molecule is COCC(N)C(=O)Nc1ccc(OCCN2CCCC2)c(C)c1.Cl.Cl. The maximum absolute atomic E-state index is 11.9. The molecule has 1 aliphatic rings. The molecule has 8 heteroatoms. The van der Waals surface area contributed by atoms with Gasteiger partial charge in [-0.15, -0.1) is 24.8 Å². The van der Waals surface area contributed by atoms with Gasteiger partial charge in [-0.2, -0.15) is 0 Å². The van der Waals surface area contributed by atoms with E-state index in [0.717, 1.165) is 17.9 Å². The molecule has 1 aromatic carbocycles. The summed E-state index contributed by atoms with van der Waals surface area (Å²) in [5.41, 5.74) is 7.41. The number of carbonyl (C=O) groups is 1. The first-order valence-electron chi connectivity index (χ1n) is 8.11. The first-order chi connectivity index (χ1) is 11.1. The summed E-state index contributed by atoms with van der Waals surface area (Å²) in [7, 11) is 1.52. The van der Waals surface area contributed by atoms with Gasteiger partial charge in [-0.25, -0.2) is 0 Å². The highest BCUT2D eigenvalue weighted by atomic mass is 35.5. The van der Waals surface area contributed by atoms with Crippen molar-refractivity contribution in [3.63, 3.8) is 0 Å². The molecule has 1 unspecified atom stereocenters. The Kier molecular flexibility index (Phi) is 11.8. The van der Waals surface area contributed by atoms with Gasteiger partial charge < -0.3 is 20.5 Å². The van der Waals surface area contributed by atoms with Gasteiger partial charge in [-0.1, -0.05) is 0 Å². The molecule has 0 spiro atoms. The number of benzene rings is 1. The molecule has 6 nitrogen and oxygen atoms in total. The maximum atomic E-state index is 11.9. The quantitative estimate of drug-likeness (QED) is 0.707. The van der Waals surface area contributed by atoms with Gasteiger partial charge >= 0.3 is 0 Å². The molecule has 3 N–H and O–H groups in total. The van der Waals surface area contributed by atoms with Crippen LogP contribution in [-0.2, 0) is 9.53 Å². The average molecular weight is 394 g/mol. The van der Waals surface area contributed by atoms with E-state index in [1.807, 2.05) is 25.1 Å². The highest BCUT2D eigenvalue weighted by Crippen LogP contribution is 2.22. The second-order valence-corrected chi connectivity index (χ2v) is 5.93. The predicted molar refractivity (Wildman–Crippen MR) is 105 cm³/mol. The van der Waals surface area contributed by atoms with Crippen molar-refractivity contribution in [3.05, 3.63) is 23.8 Å². The number of nitrogens with zero attached hydrogens (tertiary/aromatic N) is 1. The largest absolute Gasteiger partial charge is 0.492 e. The van der Waals surface area contributed by atoms with Crippen LogP contribution < -0.4 is 15.8 Å². The Hall–Kier alpha value is -1.05. The summed E-state index contributed by atoms with van der Waals surface area (Å²) in [5.74, 6) is 0.595. The maximum Gasteiger partial charge on any atom is 0.243 e. The number of halogens is 2. The Morgan fingerprint density at radius 1 is 1.32 bits per heavy atom. The lowest BCUT2D eigenvalue weighted by molar-refractivity contribution is -0.118. The van der Waals surface area contributed by atoms with E-state index in [2.05, 4.69) is 10.2 Å². The number of hydrogen-bond donors (Lipinski definition) is 2. The van der Waals surface area contributed by atoms with Crippen LogP contribution in [0.4, 0.5) is 5.69 Å². The number of ether oxygens (including phenoxy) is 2. The minimum Gasteiger partial charge on any atom is -0.492 e. The number of nitrogens with two attached hydrogens (primary N) is 1. The van der Waals surface area contributed by atoms with Gasteiger partial charge in [0.2, 0.25) is 5.91 Å². The molecular formula is C17H29Cl2N3O3. The second-order valence-electron chi connectivity index (χ2n) is 5.93. The molecular weight excluding hydrogens is 365 g/mol. The normalized spacial score (nSPS) is 15.0. The van der Waals surface area contributed by atoms with Gasteiger partial charge in [0.1, 0.15) is 18.4 Å². The van der Waals surface area contributed by atoms with E-state index in [1.54, 1.807) is 0 Å². The van der Waals surface area contributed by atoms with Crippen LogP contribution in [0, 0.1) is 6.92 Å². The molecule has 0 radical (unpaired) electrons. The van der Waals surface area contributed by atoms with Crippen LogP contribution in [0.3, 0.4) is 0 Å². The van der Waals surface area contributed by atoms with Gasteiger partial charge in [-0.05, 0) is 56.6 Å². The minimum absolute atomic E-state index is 0. The fourth-order valence-corrected chi connectivity index (χ4v) is 2.67. The van der Waals surface area contributed by atoms with E-state index in [4.69, 9.17) is 15.2 Å². The number of methoxy groups -OCH3 is 1. The molecule has 144 valence electrons. The number of aryl methyl sites for hydroxylation is 1. The van der Waals surface area contributed by atoms with Crippen LogP contribution in [0.2, 0.25) is 0 Å². The monoisotopic (exact) mass is 393 g/mol. The molecule has 0 saturated carbocycles. The lowest BCUT2D eigenvalue weighted by Crippen LogP contribution is -2.39. The third kappa shape index (κ3) is 7.79. The number of hydrogen-bond acceptors (Lipinski definition) is 5. The first kappa shape index (κ1) is 23.9. The van der Waals surface area contributed by atoms with E-state index in [1.165, 1.54) is 33.0 Å². The summed E-state index contributed by atoms with van der Waals surface area (Å²) in [6.45, 7) is 6.16. The fraction of sp³-hybridized carbons (Fsp3) is 0.588. The molecule has 0 aliphatic carbocycles. The number of amides is 1.